The Kier molecular flexibility index (Phi) is 41.5. The molecule has 1 aliphatic rings. The van der Waals surface area contributed by atoms with Crippen LogP contribution in [0, 0.1) is 0 Å². The zero-order valence-electron chi connectivity index (χ0n) is 41.3. The van der Waals surface area contributed by atoms with Crippen LogP contribution in [0.15, 0.2) is 24.3 Å². The molecule has 0 aromatic carbocycles. The van der Waals surface area contributed by atoms with Crippen LogP contribution in [0.25, 0.3) is 0 Å². The number of esters is 1. The van der Waals surface area contributed by atoms with E-state index >= 15 is 0 Å². The molecule has 1 saturated heterocycles. The number of unbranched alkanes of at least 4 members (excludes halogenated alkanes) is 30. The van der Waals surface area contributed by atoms with E-state index < -0.39 is 59.8 Å². The van der Waals surface area contributed by atoms with E-state index in [1.54, 1.807) is 0 Å². The van der Waals surface area contributed by atoms with Crippen molar-refractivity contribution in [2.75, 3.05) is 26.4 Å². The van der Waals surface area contributed by atoms with Crippen molar-refractivity contribution in [1.82, 2.24) is 0 Å². The molecular weight excluding hydrogens is 849 g/mol. The topological polar surface area (TPSA) is 178 Å². The maximum atomic E-state index is 12.9. The summed E-state index contributed by atoms with van der Waals surface area (Å²) in [6, 6.07) is 0. The predicted octanol–water partition coefficient (Wildman–Crippen LogP) is 12.4. The number of aliphatic hydroxyl groups is 3. The van der Waals surface area contributed by atoms with Crippen molar-refractivity contribution in [2.24, 2.45) is 0 Å². The van der Waals surface area contributed by atoms with Gasteiger partial charge in [0.25, 0.3) is 0 Å². The number of rotatable bonds is 47. The largest absolute Gasteiger partial charge is 0.457 e. The van der Waals surface area contributed by atoms with E-state index in [0.717, 1.165) is 57.8 Å². The number of allylic oxidation sites excluding steroid dienone is 4. The Bertz CT molecular complexity index is 1230. The van der Waals surface area contributed by atoms with E-state index in [4.69, 9.17) is 18.9 Å². The van der Waals surface area contributed by atoms with Crippen molar-refractivity contribution in [1.29, 1.82) is 0 Å². The van der Waals surface area contributed by atoms with Crippen molar-refractivity contribution in [3.63, 3.8) is 0 Å². The minimum absolute atomic E-state index is 0.0330. The van der Waals surface area contributed by atoms with E-state index in [-0.39, 0.29) is 19.6 Å². The SMILES string of the molecule is CCCCCC/C=C\C/C=C\CCCCCCCCOCC(COC1OC(CO)C(O)C(OS(=O)(=O)O)C1O)OC(=O)CCCCCCCCCCCCCCCCCCCCCCC. The van der Waals surface area contributed by atoms with E-state index in [9.17, 15) is 33.1 Å². The molecule has 1 fully saturated rings. The lowest BCUT2D eigenvalue weighted by molar-refractivity contribution is -0.301. The van der Waals surface area contributed by atoms with Gasteiger partial charge in [0.1, 0.15) is 30.5 Å². The summed E-state index contributed by atoms with van der Waals surface area (Å²) in [4.78, 5) is 12.9. The molecule has 13 heteroatoms. The van der Waals surface area contributed by atoms with Gasteiger partial charge in [-0.1, -0.05) is 212 Å². The van der Waals surface area contributed by atoms with Crippen LogP contribution in [0.5, 0.6) is 0 Å². The van der Waals surface area contributed by atoms with Crippen LogP contribution in [0.2, 0.25) is 0 Å². The summed E-state index contributed by atoms with van der Waals surface area (Å²) in [7, 11) is -5.06. The Morgan fingerprint density at radius 3 is 1.48 bits per heavy atom. The predicted molar refractivity (Wildman–Crippen MR) is 262 cm³/mol. The quantitative estimate of drug-likeness (QED) is 0.0197. The fraction of sp³-hybridized carbons (Fsp3) is 0.904. The molecule has 12 nitrogen and oxygen atoms in total. The Morgan fingerprint density at radius 2 is 1.02 bits per heavy atom. The molecular formula is C52H98O12S. The minimum Gasteiger partial charge on any atom is -0.457 e. The fourth-order valence-corrected chi connectivity index (χ4v) is 8.80. The van der Waals surface area contributed by atoms with Gasteiger partial charge in [-0.2, -0.15) is 8.42 Å². The second kappa shape index (κ2) is 43.8. The van der Waals surface area contributed by atoms with Crippen molar-refractivity contribution < 1.29 is 56.2 Å². The van der Waals surface area contributed by atoms with E-state index in [1.807, 2.05) is 0 Å². The summed E-state index contributed by atoms with van der Waals surface area (Å²) >= 11 is 0. The first-order valence-electron chi connectivity index (χ1n) is 26.6. The third-order valence-electron chi connectivity index (χ3n) is 12.3. The maximum absolute atomic E-state index is 12.9. The molecule has 0 saturated carbocycles. The first-order chi connectivity index (χ1) is 31.6. The van der Waals surface area contributed by atoms with Crippen LogP contribution in [0.4, 0.5) is 0 Å². The van der Waals surface area contributed by atoms with Crippen molar-refractivity contribution in [3.8, 4) is 0 Å². The lowest BCUT2D eigenvalue weighted by atomic mass is 9.99. The second-order valence-electron chi connectivity index (χ2n) is 18.5. The summed E-state index contributed by atoms with van der Waals surface area (Å²) in [5.74, 6) is -0.398. The third-order valence-corrected chi connectivity index (χ3v) is 12.8. The molecule has 4 N–H and O–H groups in total. The molecule has 0 bridgehead atoms. The van der Waals surface area contributed by atoms with Crippen LogP contribution >= 0.6 is 0 Å². The summed E-state index contributed by atoms with van der Waals surface area (Å²) in [6.07, 6.45) is 42.1. The van der Waals surface area contributed by atoms with Crippen molar-refractivity contribution >= 4 is 16.4 Å². The maximum Gasteiger partial charge on any atom is 0.397 e. The highest BCUT2D eigenvalue weighted by Crippen LogP contribution is 2.26. The molecule has 6 unspecified atom stereocenters. The average Bonchev–Trinajstić information content (AvgIpc) is 3.28. The highest BCUT2D eigenvalue weighted by Gasteiger charge is 2.48. The molecule has 0 aromatic heterocycles. The number of carbonyl (C=O) groups excluding carboxylic acids is 1. The van der Waals surface area contributed by atoms with Gasteiger partial charge in [0.05, 0.1) is 19.8 Å². The Hall–Kier alpha value is -1.42. The van der Waals surface area contributed by atoms with E-state index in [1.165, 1.54) is 154 Å². The molecule has 1 rings (SSSR count). The number of carbonyl (C=O) groups is 1. The average molecular weight is 947 g/mol. The van der Waals surface area contributed by atoms with Gasteiger partial charge < -0.3 is 34.3 Å². The van der Waals surface area contributed by atoms with Crippen LogP contribution in [0.3, 0.4) is 0 Å². The first-order valence-corrected chi connectivity index (χ1v) is 28.0. The van der Waals surface area contributed by atoms with Crippen molar-refractivity contribution in [2.45, 2.75) is 275 Å². The Balaban J connectivity index is 2.34. The molecule has 384 valence electrons. The number of aliphatic hydroxyl groups excluding tert-OH is 3. The molecule has 1 aliphatic heterocycles. The smallest absolute Gasteiger partial charge is 0.397 e. The fourth-order valence-electron chi connectivity index (χ4n) is 8.29. The normalized spacial score (nSPS) is 19.8. The zero-order chi connectivity index (χ0) is 47.5. The Morgan fingerprint density at radius 1 is 0.585 bits per heavy atom. The van der Waals surface area contributed by atoms with Crippen molar-refractivity contribution in [3.05, 3.63) is 24.3 Å². The monoisotopic (exact) mass is 947 g/mol. The molecule has 0 spiro atoms. The van der Waals surface area contributed by atoms with Crippen LogP contribution in [0.1, 0.15) is 239 Å². The lowest BCUT2D eigenvalue weighted by Crippen LogP contribution is -2.60. The van der Waals surface area contributed by atoms with Gasteiger partial charge in [0.2, 0.25) is 0 Å². The molecule has 0 radical (unpaired) electrons. The standard InChI is InChI=1S/C52H98O12S/c1-3-5-7-9-11-13-15-17-19-21-22-23-24-25-27-29-31-33-35-37-39-41-48(54)62-46(45-61-52-50(56)51(64-65(57,58)59)49(55)47(43-53)63-52)44-60-42-40-38-36-34-32-30-28-26-20-18-16-14-12-10-8-6-4-2/h14,16,20,26,46-47,49-53,55-56H,3-13,15,17-19,21-25,27-45H2,1-2H3,(H,57,58,59)/b16-14-,26-20-. The summed E-state index contributed by atoms with van der Waals surface area (Å²) in [5, 5.41) is 30.8. The second-order valence-corrected chi connectivity index (χ2v) is 19.5. The number of hydrogen-bond donors (Lipinski definition) is 4. The van der Waals surface area contributed by atoms with Gasteiger partial charge in [-0.05, 0) is 44.9 Å². The van der Waals surface area contributed by atoms with Crippen LogP contribution in [-0.4, -0.2) is 97.5 Å². The molecule has 0 amide bonds. The lowest BCUT2D eigenvalue weighted by Gasteiger charge is -2.41. The van der Waals surface area contributed by atoms with Crippen LogP contribution < -0.4 is 0 Å². The zero-order valence-corrected chi connectivity index (χ0v) is 42.1. The summed E-state index contributed by atoms with van der Waals surface area (Å²) < 4.78 is 59.3. The summed E-state index contributed by atoms with van der Waals surface area (Å²) in [5.41, 5.74) is 0. The Labute approximate surface area is 397 Å². The van der Waals surface area contributed by atoms with E-state index in [0.29, 0.717) is 13.0 Å². The summed E-state index contributed by atoms with van der Waals surface area (Å²) in [6.45, 7) is 3.99. The third kappa shape index (κ3) is 37.2. The van der Waals surface area contributed by atoms with Gasteiger partial charge in [-0.15, -0.1) is 0 Å². The molecule has 65 heavy (non-hydrogen) atoms. The number of ether oxygens (including phenoxy) is 4. The molecule has 1 heterocycles. The van der Waals surface area contributed by atoms with Gasteiger partial charge in [0, 0.05) is 13.0 Å². The van der Waals surface area contributed by atoms with Gasteiger partial charge >= 0.3 is 16.4 Å². The first kappa shape index (κ1) is 61.6. The molecule has 6 atom stereocenters. The molecule has 0 aromatic rings. The van der Waals surface area contributed by atoms with Gasteiger partial charge in [-0.25, -0.2) is 4.18 Å². The van der Waals surface area contributed by atoms with Gasteiger partial charge in [0.15, 0.2) is 6.29 Å². The minimum atomic E-state index is -5.06. The highest BCUT2D eigenvalue weighted by molar-refractivity contribution is 7.80. The van der Waals surface area contributed by atoms with Crippen LogP contribution in [-0.2, 0) is 38.3 Å². The molecule has 0 aliphatic carbocycles. The highest BCUT2D eigenvalue weighted by atomic mass is 32.3. The van der Waals surface area contributed by atoms with Gasteiger partial charge in [-0.3, -0.25) is 9.35 Å². The number of hydrogen-bond acceptors (Lipinski definition) is 11. The van der Waals surface area contributed by atoms with E-state index in [2.05, 4.69) is 42.3 Å².